The Morgan fingerprint density at radius 3 is 2.39 bits per heavy atom. The van der Waals surface area contributed by atoms with Gasteiger partial charge in [0.1, 0.15) is 29.3 Å². The van der Waals surface area contributed by atoms with Gasteiger partial charge in [-0.15, -0.1) is 0 Å². The minimum atomic E-state index is 0.172. The van der Waals surface area contributed by atoms with E-state index in [0.717, 1.165) is 65.9 Å². The van der Waals surface area contributed by atoms with E-state index in [1.54, 1.807) is 6.33 Å². The molecular formula is C25H24N4O2. The highest BCUT2D eigenvalue weighted by Gasteiger charge is 2.47. The van der Waals surface area contributed by atoms with Gasteiger partial charge in [-0.3, -0.25) is 0 Å². The molecule has 0 bridgehead atoms. The van der Waals surface area contributed by atoms with Crippen LogP contribution in [-0.2, 0) is 4.74 Å². The summed E-state index contributed by atoms with van der Waals surface area (Å²) in [6, 6.07) is 18.3. The molecular weight excluding hydrogens is 388 g/mol. The topological polar surface area (TPSA) is 78.5 Å². The van der Waals surface area contributed by atoms with Crippen LogP contribution in [0.25, 0.3) is 22.2 Å². The molecule has 156 valence electrons. The number of hydrogen-bond donors (Lipinski definition) is 1. The number of nitrogen functional groups attached to an aromatic ring is 1. The van der Waals surface area contributed by atoms with Crippen molar-refractivity contribution in [2.75, 3.05) is 12.3 Å². The lowest BCUT2D eigenvalue weighted by molar-refractivity contribution is 0.202. The molecule has 1 saturated heterocycles. The van der Waals surface area contributed by atoms with Gasteiger partial charge in [-0.05, 0) is 55.5 Å². The van der Waals surface area contributed by atoms with Crippen molar-refractivity contribution in [2.24, 2.45) is 0 Å². The van der Waals surface area contributed by atoms with Gasteiger partial charge in [0.05, 0.1) is 17.6 Å². The van der Waals surface area contributed by atoms with Gasteiger partial charge in [0.2, 0.25) is 0 Å². The molecule has 2 N–H and O–H groups in total. The Balaban J connectivity index is 1.34. The third-order valence-electron chi connectivity index (χ3n) is 6.60. The maximum absolute atomic E-state index is 6.31. The van der Waals surface area contributed by atoms with Crippen LogP contribution in [0, 0.1) is 0 Å². The molecule has 2 fully saturated rings. The van der Waals surface area contributed by atoms with Crippen molar-refractivity contribution in [1.82, 2.24) is 14.5 Å². The van der Waals surface area contributed by atoms with Gasteiger partial charge in [-0.1, -0.05) is 30.3 Å². The molecule has 2 aromatic carbocycles. The van der Waals surface area contributed by atoms with E-state index in [-0.39, 0.29) is 5.60 Å². The van der Waals surface area contributed by atoms with Crippen LogP contribution < -0.4 is 10.5 Å². The second-order valence-electron chi connectivity index (χ2n) is 8.55. The quantitative estimate of drug-likeness (QED) is 0.457. The zero-order chi connectivity index (χ0) is 20.8. The molecule has 0 amide bonds. The average Bonchev–Trinajstić information content (AvgIpc) is 3.44. The molecule has 3 heterocycles. The van der Waals surface area contributed by atoms with Crippen molar-refractivity contribution in [3.05, 3.63) is 67.1 Å². The van der Waals surface area contributed by atoms with Gasteiger partial charge in [0.25, 0.3) is 0 Å². The molecule has 6 nitrogen and oxygen atoms in total. The second-order valence-corrected chi connectivity index (χ2v) is 8.55. The van der Waals surface area contributed by atoms with Gasteiger partial charge < -0.3 is 19.8 Å². The lowest BCUT2D eigenvalue weighted by Crippen LogP contribution is -2.23. The summed E-state index contributed by atoms with van der Waals surface area (Å²) in [6.07, 6.45) is 8.16. The van der Waals surface area contributed by atoms with E-state index in [2.05, 4.69) is 32.9 Å². The Bertz CT molecular complexity index is 1220. The molecule has 0 unspecified atom stereocenters. The molecule has 1 aliphatic carbocycles. The van der Waals surface area contributed by atoms with E-state index in [9.17, 15) is 0 Å². The van der Waals surface area contributed by atoms with E-state index < -0.39 is 0 Å². The lowest BCUT2D eigenvalue weighted by atomic mass is 9.86. The van der Waals surface area contributed by atoms with Gasteiger partial charge in [0.15, 0.2) is 0 Å². The van der Waals surface area contributed by atoms with Crippen LogP contribution in [0.2, 0.25) is 0 Å². The number of nitrogens with zero attached hydrogens (tertiary/aromatic N) is 3. The predicted octanol–water partition coefficient (Wildman–Crippen LogP) is 5.36. The minimum absolute atomic E-state index is 0.172. The Kier molecular flexibility index (Phi) is 4.21. The molecule has 31 heavy (non-hydrogen) atoms. The number of anilines is 1. The summed E-state index contributed by atoms with van der Waals surface area (Å²) in [5.41, 5.74) is 9.52. The molecule has 0 atom stereocenters. The Labute approximate surface area is 180 Å². The smallest absolute Gasteiger partial charge is 0.146 e. The molecule has 2 aliphatic rings. The summed E-state index contributed by atoms with van der Waals surface area (Å²) in [5, 5.41) is 0.919. The van der Waals surface area contributed by atoms with E-state index in [4.69, 9.17) is 15.2 Å². The maximum atomic E-state index is 6.31. The number of hydrogen-bond acceptors (Lipinski definition) is 5. The predicted molar refractivity (Wildman–Crippen MR) is 120 cm³/mol. The summed E-state index contributed by atoms with van der Waals surface area (Å²) >= 11 is 0. The normalized spacial score (nSPS) is 22.6. The SMILES string of the molecule is Nc1ncnc2c1c(-c1ccc(Oc3ccccc3)cc1)cn2[C@H]1CC[C@]2(CC1)CO2. The van der Waals surface area contributed by atoms with Crippen molar-refractivity contribution < 1.29 is 9.47 Å². The van der Waals surface area contributed by atoms with Crippen LogP contribution in [0.1, 0.15) is 31.7 Å². The summed E-state index contributed by atoms with van der Waals surface area (Å²) in [6.45, 7) is 0.921. The first-order valence-electron chi connectivity index (χ1n) is 10.8. The standard InChI is InChI=1S/C25H24N4O2/c26-23-22-21(17-6-8-20(9-7-17)31-19-4-2-1-3-5-19)14-29(24(22)28-16-27-23)18-10-12-25(13-11-18)15-30-25/h1-9,14,16,18H,10-13,15H2,(H2,26,27,28)/t18-,25-. The van der Waals surface area contributed by atoms with Gasteiger partial charge in [-0.2, -0.15) is 0 Å². The monoisotopic (exact) mass is 412 g/mol. The van der Waals surface area contributed by atoms with Crippen LogP contribution in [-0.4, -0.2) is 26.7 Å². The third-order valence-corrected chi connectivity index (χ3v) is 6.60. The molecule has 6 heteroatoms. The lowest BCUT2D eigenvalue weighted by Gasteiger charge is -2.27. The van der Waals surface area contributed by atoms with Crippen molar-refractivity contribution in [3.63, 3.8) is 0 Å². The number of para-hydroxylation sites is 1. The van der Waals surface area contributed by atoms with Gasteiger partial charge >= 0.3 is 0 Å². The molecule has 1 aliphatic heterocycles. The van der Waals surface area contributed by atoms with Crippen molar-refractivity contribution in [2.45, 2.75) is 37.3 Å². The van der Waals surface area contributed by atoms with Crippen LogP contribution in [0.15, 0.2) is 67.1 Å². The number of fused-ring (bicyclic) bond motifs is 1. The Morgan fingerprint density at radius 1 is 0.968 bits per heavy atom. The van der Waals surface area contributed by atoms with E-state index in [1.165, 1.54) is 0 Å². The highest BCUT2D eigenvalue weighted by molar-refractivity contribution is 6.00. The second kappa shape index (κ2) is 7.10. The molecule has 6 rings (SSSR count). The summed E-state index contributed by atoms with van der Waals surface area (Å²) in [7, 11) is 0. The van der Waals surface area contributed by atoms with Crippen LogP contribution in [0.5, 0.6) is 11.5 Å². The molecule has 1 spiro atoms. The molecule has 0 radical (unpaired) electrons. The largest absolute Gasteiger partial charge is 0.457 e. The number of benzene rings is 2. The van der Waals surface area contributed by atoms with Crippen molar-refractivity contribution in [3.8, 4) is 22.6 Å². The summed E-state index contributed by atoms with van der Waals surface area (Å²) < 4.78 is 13.9. The molecule has 4 aromatic rings. The zero-order valence-corrected chi connectivity index (χ0v) is 17.2. The van der Waals surface area contributed by atoms with Gasteiger partial charge in [-0.25, -0.2) is 9.97 Å². The first-order chi connectivity index (χ1) is 15.2. The molecule has 1 saturated carbocycles. The highest BCUT2D eigenvalue weighted by atomic mass is 16.6. The maximum Gasteiger partial charge on any atom is 0.146 e. The number of rotatable bonds is 4. The van der Waals surface area contributed by atoms with E-state index in [1.807, 2.05) is 42.5 Å². The van der Waals surface area contributed by atoms with Crippen LogP contribution in [0.4, 0.5) is 5.82 Å². The van der Waals surface area contributed by atoms with E-state index in [0.29, 0.717) is 11.9 Å². The number of aromatic nitrogens is 3. The minimum Gasteiger partial charge on any atom is -0.457 e. The number of epoxide rings is 1. The fourth-order valence-corrected chi connectivity index (χ4v) is 4.73. The Morgan fingerprint density at radius 2 is 1.68 bits per heavy atom. The van der Waals surface area contributed by atoms with Gasteiger partial charge in [0, 0.05) is 17.8 Å². The first-order valence-corrected chi connectivity index (χ1v) is 10.8. The summed E-state index contributed by atoms with van der Waals surface area (Å²) in [4.78, 5) is 8.87. The fraction of sp³-hybridized carbons (Fsp3) is 0.280. The van der Waals surface area contributed by atoms with Crippen LogP contribution in [0.3, 0.4) is 0 Å². The molecule has 2 aromatic heterocycles. The third kappa shape index (κ3) is 3.33. The van der Waals surface area contributed by atoms with E-state index >= 15 is 0 Å². The van der Waals surface area contributed by atoms with Crippen molar-refractivity contribution in [1.29, 1.82) is 0 Å². The average molecular weight is 412 g/mol. The zero-order valence-electron chi connectivity index (χ0n) is 17.2. The fourth-order valence-electron chi connectivity index (χ4n) is 4.73. The first kappa shape index (κ1) is 18.4. The summed E-state index contributed by atoms with van der Waals surface area (Å²) in [5.74, 6) is 2.13. The number of ether oxygens (including phenoxy) is 2. The Hall–Kier alpha value is -3.38. The number of nitrogens with two attached hydrogens (primary N) is 1. The van der Waals surface area contributed by atoms with Crippen LogP contribution >= 0.6 is 0 Å². The van der Waals surface area contributed by atoms with Crippen molar-refractivity contribution >= 4 is 16.9 Å². The highest BCUT2D eigenvalue weighted by Crippen LogP contribution is 2.46.